The van der Waals surface area contributed by atoms with Crippen LogP contribution in [-0.2, 0) is 7.05 Å². The maximum atomic E-state index is 13.8. The van der Waals surface area contributed by atoms with E-state index in [0.717, 1.165) is 11.5 Å². The second-order valence-corrected chi connectivity index (χ2v) is 6.60. The van der Waals surface area contributed by atoms with E-state index in [1.807, 2.05) is 0 Å². The molecule has 0 aliphatic heterocycles. The number of anilines is 1. The number of aryl methyl sites for hydroxylation is 1. The molecule has 10 heteroatoms. The summed E-state index contributed by atoms with van der Waals surface area (Å²) in [7, 11) is 1.70. The highest BCUT2D eigenvalue weighted by Gasteiger charge is 2.49. The van der Waals surface area contributed by atoms with E-state index >= 15 is 0 Å². The molecule has 0 fully saturated rings. The first kappa shape index (κ1) is 21.8. The van der Waals surface area contributed by atoms with Crippen molar-refractivity contribution in [2.45, 2.75) is 25.1 Å². The smallest absolute Gasteiger partial charge is 0.430 e. The van der Waals surface area contributed by atoms with Crippen LogP contribution in [0.1, 0.15) is 6.42 Å². The lowest BCUT2D eigenvalue weighted by molar-refractivity contribution is -0.244. The summed E-state index contributed by atoms with van der Waals surface area (Å²) >= 11 is 0. The summed E-state index contributed by atoms with van der Waals surface area (Å²) in [4.78, 5) is 0. The highest BCUT2D eigenvalue weighted by molar-refractivity contribution is 5.93. The summed E-state index contributed by atoms with van der Waals surface area (Å²) in [5.74, 6) is 0.175. The molecule has 0 aliphatic carbocycles. The van der Waals surface area contributed by atoms with Crippen LogP contribution in [0.15, 0.2) is 42.5 Å². The average Bonchev–Trinajstić information content (AvgIpc) is 3.03. The van der Waals surface area contributed by atoms with Gasteiger partial charge in [0.2, 0.25) is 0 Å². The van der Waals surface area contributed by atoms with Crippen LogP contribution in [0.4, 0.5) is 27.8 Å². The molecule has 30 heavy (non-hydrogen) atoms. The summed E-state index contributed by atoms with van der Waals surface area (Å²) < 4.78 is 71.7. The van der Waals surface area contributed by atoms with E-state index in [9.17, 15) is 22.0 Å². The van der Waals surface area contributed by atoms with Gasteiger partial charge in [-0.1, -0.05) is 24.3 Å². The molecule has 162 valence electrons. The Balaban J connectivity index is 1.96. The Morgan fingerprint density at radius 3 is 2.60 bits per heavy atom. The molecule has 1 aromatic heterocycles. The molecule has 2 aromatic carbocycles. The van der Waals surface area contributed by atoms with Gasteiger partial charge in [-0.05, 0) is 30.2 Å². The molecule has 1 heterocycles. The number of hydrogen-bond acceptors (Lipinski definition) is 4. The van der Waals surface area contributed by atoms with E-state index in [4.69, 9.17) is 5.11 Å². The molecule has 0 aliphatic rings. The van der Waals surface area contributed by atoms with Gasteiger partial charge in [-0.15, -0.1) is 0 Å². The lowest BCUT2D eigenvalue weighted by Crippen LogP contribution is -2.40. The summed E-state index contributed by atoms with van der Waals surface area (Å²) in [5.41, 5.74) is 1.33. The molecule has 0 saturated heterocycles. The zero-order chi connectivity index (χ0) is 21.9. The Morgan fingerprint density at radius 2 is 1.90 bits per heavy atom. The number of ether oxygens (including phenoxy) is 1. The van der Waals surface area contributed by atoms with Crippen molar-refractivity contribution in [2.24, 2.45) is 7.05 Å². The summed E-state index contributed by atoms with van der Waals surface area (Å²) in [6.07, 6.45) is -11.8. The normalized spacial score (nSPS) is 13.1. The van der Waals surface area contributed by atoms with Crippen LogP contribution in [0.25, 0.3) is 22.0 Å². The number of halogens is 5. The maximum Gasteiger partial charge on any atom is 0.435 e. The van der Waals surface area contributed by atoms with Gasteiger partial charge < -0.3 is 15.2 Å². The third-order valence-electron chi connectivity index (χ3n) is 4.47. The van der Waals surface area contributed by atoms with Crippen LogP contribution >= 0.6 is 0 Å². The number of fused-ring (bicyclic) bond motifs is 1. The second-order valence-electron chi connectivity index (χ2n) is 6.60. The third kappa shape index (κ3) is 4.48. The molecule has 3 aromatic rings. The van der Waals surface area contributed by atoms with Crippen molar-refractivity contribution in [3.8, 4) is 16.9 Å². The Bertz CT molecular complexity index is 1010. The third-order valence-corrected chi connectivity index (χ3v) is 4.47. The van der Waals surface area contributed by atoms with E-state index in [1.54, 1.807) is 36.0 Å². The first-order chi connectivity index (χ1) is 14.2. The van der Waals surface area contributed by atoms with Gasteiger partial charge in [0.1, 0.15) is 5.75 Å². The quantitative estimate of drug-likeness (QED) is 0.385. The second kappa shape index (κ2) is 8.86. The Labute approximate surface area is 169 Å². The highest BCUT2D eigenvalue weighted by atomic mass is 19.3. The van der Waals surface area contributed by atoms with E-state index in [1.165, 1.54) is 12.1 Å². The standard InChI is InChI=1S/C20H20F5N3O2/c1-28-15-11-12(7-8-14(15)19(27-28)26-9-4-10-29)13-5-2-3-6-16(13)30-20(24,25)17(21)18(22)23/h2-3,5-8,11,17-18,29H,4,9-10H2,1H3,(H,26,27). The molecule has 2 N–H and O–H groups in total. The fourth-order valence-corrected chi connectivity index (χ4v) is 2.99. The first-order valence-electron chi connectivity index (χ1n) is 9.14. The predicted molar refractivity (Wildman–Crippen MR) is 103 cm³/mol. The number of benzene rings is 2. The average molecular weight is 429 g/mol. The van der Waals surface area contributed by atoms with Crippen molar-refractivity contribution in [2.75, 3.05) is 18.5 Å². The largest absolute Gasteiger partial charge is 0.435 e. The van der Waals surface area contributed by atoms with Crippen molar-refractivity contribution < 1.29 is 31.8 Å². The maximum absolute atomic E-state index is 13.8. The SMILES string of the molecule is Cn1nc(NCCCO)c2ccc(-c3ccccc3OC(F)(F)C(F)C(F)F)cc21. The molecular weight excluding hydrogens is 409 g/mol. The number of aliphatic hydroxyl groups excluding tert-OH is 1. The Hall–Kier alpha value is -2.88. The number of nitrogens with one attached hydrogen (secondary N) is 1. The van der Waals surface area contributed by atoms with Crippen molar-refractivity contribution in [3.05, 3.63) is 42.5 Å². The minimum atomic E-state index is -4.69. The summed E-state index contributed by atoms with van der Waals surface area (Å²) in [6, 6.07) is 10.6. The lowest BCUT2D eigenvalue weighted by atomic mass is 10.0. The summed E-state index contributed by atoms with van der Waals surface area (Å²) in [6.45, 7) is 0.555. The number of nitrogens with zero attached hydrogens (tertiary/aromatic N) is 2. The fourth-order valence-electron chi connectivity index (χ4n) is 2.99. The molecule has 0 saturated carbocycles. The van der Waals surface area contributed by atoms with Crippen molar-refractivity contribution in [1.29, 1.82) is 0 Å². The van der Waals surface area contributed by atoms with E-state index in [-0.39, 0.29) is 12.2 Å². The molecule has 0 bridgehead atoms. The van der Waals surface area contributed by atoms with Gasteiger partial charge in [0.25, 0.3) is 12.6 Å². The summed E-state index contributed by atoms with van der Waals surface area (Å²) in [5, 5.41) is 17.1. The molecule has 0 radical (unpaired) electrons. The van der Waals surface area contributed by atoms with Crippen LogP contribution in [-0.4, -0.2) is 46.7 Å². The molecule has 1 unspecified atom stereocenters. The van der Waals surface area contributed by atoms with Gasteiger partial charge in [0, 0.05) is 31.1 Å². The van der Waals surface area contributed by atoms with Crippen molar-refractivity contribution in [1.82, 2.24) is 9.78 Å². The van der Waals surface area contributed by atoms with Gasteiger partial charge in [-0.25, -0.2) is 13.2 Å². The predicted octanol–water partition coefficient (Wildman–Crippen LogP) is 4.61. The van der Waals surface area contributed by atoms with E-state index in [0.29, 0.717) is 29.9 Å². The topological polar surface area (TPSA) is 59.3 Å². The van der Waals surface area contributed by atoms with Crippen LogP contribution in [0.3, 0.4) is 0 Å². The van der Waals surface area contributed by atoms with Crippen molar-refractivity contribution in [3.63, 3.8) is 0 Å². The molecule has 0 amide bonds. The molecule has 1 atom stereocenters. The van der Waals surface area contributed by atoms with E-state index in [2.05, 4.69) is 15.2 Å². The zero-order valence-corrected chi connectivity index (χ0v) is 16.0. The molecular formula is C20H20F5N3O2. The number of para-hydroxylation sites is 1. The minimum absolute atomic E-state index is 0.0363. The van der Waals surface area contributed by atoms with E-state index < -0.39 is 24.5 Å². The number of hydrogen-bond donors (Lipinski definition) is 2. The highest BCUT2D eigenvalue weighted by Crippen LogP contribution is 2.37. The van der Waals surface area contributed by atoms with Crippen LogP contribution in [0, 0.1) is 0 Å². The Morgan fingerprint density at radius 1 is 1.17 bits per heavy atom. The number of rotatable bonds is 9. The fraction of sp³-hybridized carbons (Fsp3) is 0.350. The van der Waals surface area contributed by atoms with Gasteiger partial charge in [-0.3, -0.25) is 4.68 Å². The first-order valence-corrected chi connectivity index (χ1v) is 9.14. The van der Waals surface area contributed by atoms with Gasteiger partial charge in [-0.2, -0.15) is 13.9 Å². The zero-order valence-electron chi connectivity index (χ0n) is 16.0. The number of aromatic nitrogens is 2. The van der Waals surface area contributed by atoms with Crippen LogP contribution in [0.2, 0.25) is 0 Å². The minimum Gasteiger partial charge on any atom is -0.430 e. The van der Waals surface area contributed by atoms with Gasteiger partial charge in [0.15, 0.2) is 5.82 Å². The molecule has 0 spiro atoms. The number of aliphatic hydroxyl groups is 1. The lowest BCUT2D eigenvalue weighted by Gasteiger charge is -2.22. The monoisotopic (exact) mass is 429 g/mol. The number of alkyl halides is 5. The molecule has 5 nitrogen and oxygen atoms in total. The van der Waals surface area contributed by atoms with Gasteiger partial charge in [0.05, 0.1) is 5.52 Å². The van der Waals surface area contributed by atoms with Crippen LogP contribution < -0.4 is 10.1 Å². The van der Waals surface area contributed by atoms with Crippen LogP contribution in [0.5, 0.6) is 5.75 Å². The van der Waals surface area contributed by atoms with Crippen molar-refractivity contribution >= 4 is 16.7 Å². The molecule has 3 rings (SSSR count). The van der Waals surface area contributed by atoms with Gasteiger partial charge >= 0.3 is 6.11 Å². The Kier molecular flexibility index (Phi) is 6.45.